The normalized spacial score (nSPS) is 17.9. The van der Waals surface area contributed by atoms with Crippen molar-refractivity contribution in [3.8, 4) is 5.75 Å². The molecule has 1 aromatic carbocycles. The molecule has 1 fully saturated rings. The Labute approximate surface area is 110 Å². The maximum atomic E-state index is 10.1. The zero-order valence-electron chi connectivity index (χ0n) is 11.6. The SMILES string of the molecule is CNC(C)c1ccc(N(C)C2CCCC2)cc1O. The zero-order chi connectivity index (χ0) is 13.1. The maximum Gasteiger partial charge on any atom is 0.122 e. The first kappa shape index (κ1) is 13.2. The van der Waals surface area contributed by atoms with Crippen LogP contribution in [0.25, 0.3) is 0 Å². The molecule has 1 aliphatic rings. The van der Waals surface area contributed by atoms with Gasteiger partial charge in [0.1, 0.15) is 5.75 Å². The standard InChI is InChI=1S/C15H24N2O/c1-11(16-2)14-9-8-13(10-15(14)18)17(3)12-6-4-5-7-12/h8-12,16,18H,4-7H2,1-3H3. The van der Waals surface area contributed by atoms with Gasteiger partial charge in [-0.25, -0.2) is 0 Å². The van der Waals surface area contributed by atoms with Crippen molar-refractivity contribution < 1.29 is 5.11 Å². The molecule has 0 bridgehead atoms. The number of phenols is 1. The van der Waals surface area contributed by atoms with Crippen molar-refractivity contribution in [1.82, 2.24) is 5.32 Å². The molecule has 1 aromatic rings. The van der Waals surface area contributed by atoms with E-state index in [1.165, 1.54) is 25.7 Å². The van der Waals surface area contributed by atoms with Crippen molar-refractivity contribution in [3.05, 3.63) is 23.8 Å². The van der Waals surface area contributed by atoms with Crippen molar-refractivity contribution in [2.24, 2.45) is 0 Å². The van der Waals surface area contributed by atoms with Crippen molar-refractivity contribution in [2.45, 2.75) is 44.7 Å². The Bertz CT molecular complexity index is 399. The molecule has 2 N–H and O–H groups in total. The van der Waals surface area contributed by atoms with Gasteiger partial charge in [0.25, 0.3) is 0 Å². The highest BCUT2D eigenvalue weighted by Crippen LogP contribution is 2.32. The van der Waals surface area contributed by atoms with E-state index in [9.17, 15) is 5.11 Å². The van der Waals surface area contributed by atoms with Gasteiger partial charge >= 0.3 is 0 Å². The molecule has 2 rings (SSSR count). The molecule has 18 heavy (non-hydrogen) atoms. The molecule has 1 saturated carbocycles. The molecule has 1 aliphatic carbocycles. The van der Waals surface area contributed by atoms with Crippen molar-refractivity contribution in [2.75, 3.05) is 19.0 Å². The van der Waals surface area contributed by atoms with Crippen LogP contribution >= 0.6 is 0 Å². The molecule has 1 atom stereocenters. The fourth-order valence-corrected chi connectivity index (χ4v) is 2.78. The summed E-state index contributed by atoms with van der Waals surface area (Å²) in [5.74, 6) is 0.388. The Balaban J connectivity index is 2.17. The third-order valence-electron chi connectivity index (χ3n) is 4.19. The number of aromatic hydroxyl groups is 1. The molecule has 3 nitrogen and oxygen atoms in total. The summed E-state index contributed by atoms with van der Waals surface area (Å²) in [6.07, 6.45) is 5.20. The van der Waals surface area contributed by atoms with E-state index in [2.05, 4.69) is 30.3 Å². The Hall–Kier alpha value is -1.22. The van der Waals surface area contributed by atoms with Crippen LogP contribution in [0.5, 0.6) is 5.75 Å². The van der Waals surface area contributed by atoms with Gasteiger partial charge in [-0.1, -0.05) is 18.9 Å². The van der Waals surface area contributed by atoms with Gasteiger partial charge in [0.05, 0.1) is 0 Å². The fourth-order valence-electron chi connectivity index (χ4n) is 2.78. The van der Waals surface area contributed by atoms with E-state index in [4.69, 9.17) is 0 Å². The Morgan fingerprint density at radius 1 is 1.33 bits per heavy atom. The lowest BCUT2D eigenvalue weighted by Gasteiger charge is -2.27. The lowest BCUT2D eigenvalue weighted by Crippen LogP contribution is -2.28. The molecule has 0 spiro atoms. The number of hydrogen-bond acceptors (Lipinski definition) is 3. The second-order valence-electron chi connectivity index (χ2n) is 5.30. The predicted octanol–water partition coefficient (Wildman–Crippen LogP) is 3.05. The maximum absolute atomic E-state index is 10.1. The lowest BCUT2D eigenvalue weighted by atomic mass is 10.1. The van der Waals surface area contributed by atoms with Crippen LogP contribution in [-0.4, -0.2) is 25.2 Å². The minimum atomic E-state index is 0.177. The predicted molar refractivity (Wildman–Crippen MR) is 76.2 cm³/mol. The Morgan fingerprint density at radius 2 is 2.00 bits per heavy atom. The molecule has 0 aliphatic heterocycles. The van der Waals surface area contributed by atoms with Crippen molar-refractivity contribution in [3.63, 3.8) is 0 Å². The van der Waals surface area contributed by atoms with Crippen LogP contribution in [0.1, 0.15) is 44.2 Å². The Kier molecular flexibility index (Phi) is 4.12. The van der Waals surface area contributed by atoms with E-state index < -0.39 is 0 Å². The first-order valence-electron chi connectivity index (χ1n) is 6.86. The van der Waals surface area contributed by atoms with Crippen molar-refractivity contribution >= 4 is 5.69 Å². The van der Waals surface area contributed by atoms with E-state index in [0.717, 1.165) is 11.3 Å². The first-order valence-corrected chi connectivity index (χ1v) is 6.86. The van der Waals surface area contributed by atoms with Crippen LogP contribution in [0.2, 0.25) is 0 Å². The van der Waals surface area contributed by atoms with E-state index in [1.54, 1.807) is 0 Å². The molecular weight excluding hydrogens is 224 g/mol. The number of benzene rings is 1. The highest BCUT2D eigenvalue weighted by atomic mass is 16.3. The largest absolute Gasteiger partial charge is 0.508 e. The van der Waals surface area contributed by atoms with Crippen LogP contribution in [0.15, 0.2) is 18.2 Å². The number of rotatable bonds is 4. The van der Waals surface area contributed by atoms with Crippen LogP contribution < -0.4 is 10.2 Å². The number of anilines is 1. The van der Waals surface area contributed by atoms with E-state index in [0.29, 0.717) is 11.8 Å². The highest BCUT2D eigenvalue weighted by Gasteiger charge is 2.20. The van der Waals surface area contributed by atoms with Gasteiger partial charge in [-0.15, -0.1) is 0 Å². The molecule has 0 aromatic heterocycles. The van der Waals surface area contributed by atoms with Gasteiger partial charge in [-0.2, -0.15) is 0 Å². The fraction of sp³-hybridized carbons (Fsp3) is 0.600. The summed E-state index contributed by atoms with van der Waals surface area (Å²) >= 11 is 0. The van der Waals surface area contributed by atoms with Crippen molar-refractivity contribution in [1.29, 1.82) is 0 Å². The smallest absolute Gasteiger partial charge is 0.122 e. The average Bonchev–Trinajstić information content (AvgIpc) is 2.90. The summed E-state index contributed by atoms with van der Waals surface area (Å²) < 4.78 is 0. The van der Waals surface area contributed by atoms with Gasteiger partial charge in [0.2, 0.25) is 0 Å². The van der Waals surface area contributed by atoms with E-state index >= 15 is 0 Å². The third kappa shape index (κ3) is 2.61. The zero-order valence-corrected chi connectivity index (χ0v) is 11.6. The monoisotopic (exact) mass is 248 g/mol. The molecule has 100 valence electrons. The van der Waals surface area contributed by atoms with Gasteiger partial charge in [-0.05, 0) is 32.9 Å². The lowest BCUT2D eigenvalue weighted by molar-refractivity contribution is 0.457. The van der Waals surface area contributed by atoms with Crippen LogP contribution in [-0.2, 0) is 0 Å². The first-order chi connectivity index (χ1) is 8.63. The van der Waals surface area contributed by atoms with E-state index in [-0.39, 0.29) is 6.04 Å². The molecule has 1 unspecified atom stereocenters. The summed E-state index contributed by atoms with van der Waals surface area (Å²) in [6, 6.07) is 6.84. The molecule has 3 heteroatoms. The second-order valence-corrected chi connectivity index (χ2v) is 5.30. The summed E-state index contributed by atoms with van der Waals surface area (Å²) in [5.41, 5.74) is 2.08. The van der Waals surface area contributed by atoms with Crippen LogP contribution in [0, 0.1) is 0 Å². The summed E-state index contributed by atoms with van der Waals surface area (Å²) in [4.78, 5) is 2.31. The second kappa shape index (κ2) is 5.61. The van der Waals surface area contributed by atoms with Gasteiger partial charge in [0.15, 0.2) is 0 Å². The quantitative estimate of drug-likeness (QED) is 0.859. The number of nitrogens with one attached hydrogen (secondary N) is 1. The average molecular weight is 248 g/mol. The molecule has 0 radical (unpaired) electrons. The summed E-state index contributed by atoms with van der Waals surface area (Å²) in [5, 5.41) is 13.3. The molecule has 0 saturated heterocycles. The van der Waals surface area contributed by atoms with Crippen LogP contribution in [0.4, 0.5) is 5.69 Å². The van der Waals surface area contributed by atoms with Gasteiger partial charge < -0.3 is 15.3 Å². The molecule has 0 heterocycles. The van der Waals surface area contributed by atoms with Gasteiger partial charge in [0, 0.05) is 36.4 Å². The number of nitrogens with zero attached hydrogens (tertiary/aromatic N) is 1. The van der Waals surface area contributed by atoms with Crippen LogP contribution in [0.3, 0.4) is 0 Å². The third-order valence-corrected chi connectivity index (χ3v) is 4.19. The highest BCUT2D eigenvalue weighted by molar-refractivity contribution is 5.54. The topological polar surface area (TPSA) is 35.5 Å². The Morgan fingerprint density at radius 3 is 2.56 bits per heavy atom. The number of hydrogen-bond donors (Lipinski definition) is 2. The van der Waals surface area contributed by atoms with Gasteiger partial charge in [-0.3, -0.25) is 0 Å². The minimum absolute atomic E-state index is 0.177. The number of phenolic OH excluding ortho intramolecular Hbond substituents is 1. The summed E-state index contributed by atoms with van der Waals surface area (Å²) in [6.45, 7) is 2.05. The molecule has 0 amide bonds. The summed E-state index contributed by atoms with van der Waals surface area (Å²) in [7, 11) is 4.04. The van der Waals surface area contributed by atoms with E-state index in [1.807, 2.05) is 19.2 Å². The minimum Gasteiger partial charge on any atom is -0.508 e. The molecular formula is C15H24N2O.